The van der Waals surface area contributed by atoms with Crippen LogP contribution in [0.2, 0.25) is 0 Å². The first kappa shape index (κ1) is 14.5. The molecule has 100 valence electrons. The zero-order chi connectivity index (χ0) is 13.5. The van der Waals surface area contributed by atoms with Gasteiger partial charge in [0.2, 0.25) is 5.91 Å². The maximum Gasteiger partial charge on any atom is 0.239 e. The van der Waals surface area contributed by atoms with Gasteiger partial charge < -0.3 is 15.0 Å². The van der Waals surface area contributed by atoms with Crippen molar-refractivity contribution < 1.29 is 9.53 Å². The van der Waals surface area contributed by atoms with Crippen molar-refractivity contribution in [3.05, 3.63) is 29.8 Å². The van der Waals surface area contributed by atoms with Gasteiger partial charge in [0.15, 0.2) is 0 Å². The fourth-order valence-electron chi connectivity index (χ4n) is 1.50. The summed E-state index contributed by atoms with van der Waals surface area (Å²) in [5.41, 5.74) is 1.21. The molecular weight excluding hydrogens is 228 g/mol. The Kier molecular flexibility index (Phi) is 5.65. The van der Waals surface area contributed by atoms with E-state index in [0.717, 1.165) is 5.75 Å². The first-order chi connectivity index (χ1) is 8.54. The number of amides is 1. The molecule has 1 N–H and O–H groups in total. The molecule has 0 aliphatic rings. The lowest BCUT2D eigenvalue weighted by molar-refractivity contribution is -0.131. The summed E-state index contributed by atoms with van der Waals surface area (Å²) in [4.78, 5) is 13.4. The van der Waals surface area contributed by atoms with Crippen molar-refractivity contribution >= 4 is 5.91 Å². The fraction of sp³-hybridized carbons (Fsp3) is 0.500. The van der Waals surface area contributed by atoms with E-state index in [9.17, 15) is 4.79 Å². The molecule has 18 heavy (non-hydrogen) atoms. The van der Waals surface area contributed by atoms with E-state index in [-0.39, 0.29) is 11.9 Å². The molecular formula is C14H22N2O2. The number of benzene rings is 1. The molecule has 0 aliphatic heterocycles. The van der Waals surface area contributed by atoms with E-state index in [2.05, 4.69) is 5.32 Å². The molecule has 0 aromatic heterocycles. The number of rotatable bonds is 6. The van der Waals surface area contributed by atoms with Crippen molar-refractivity contribution in [1.82, 2.24) is 10.2 Å². The summed E-state index contributed by atoms with van der Waals surface area (Å²) in [6, 6.07) is 7.73. The SMILES string of the molecule is CNC(C)C(=O)N(C)CCOc1ccc(C)cc1. The molecule has 1 rings (SSSR count). The molecule has 0 radical (unpaired) electrons. The van der Waals surface area contributed by atoms with Crippen LogP contribution in [0.1, 0.15) is 12.5 Å². The molecule has 0 saturated carbocycles. The van der Waals surface area contributed by atoms with Crippen LogP contribution in [-0.2, 0) is 4.79 Å². The van der Waals surface area contributed by atoms with Gasteiger partial charge in [0, 0.05) is 7.05 Å². The van der Waals surface area contributed by atoms with Gasteiger partial charge >= 0.3 is 0 Å². The van der Waals surface area contributed by atoms with Gasteiger partial charge in [-0.15, -0.1) is 0 Å². The van der Waals surface area contributed by atoms with Crippen LogP contribution in [0.25, 0.3) is 0 Å². The Morgan fingerprint density at radius 2 is 2.00 bits per heavy atom. The zero-order valence-electron chi connectivity index (χ0n) is 11.6. The van der Waals surface area contributed by atoms with Gasteiger partial charge in [0.1, 0.15) is 12.4 Å². The molecule has 1 atom stereocenters. The lowest BCUT2D eigenvalue weighted by Crippen LogP contribution is -2.43. The van der Waals surface area contributed by atoms with Gasteiger partial charge in [-0.3, -0.25) is 4.79 Å². The Labute approximate surface area is 109 Å². The highest BCUT2D eigenvalue weighted by molar-refractivity contribution is 5.81. The minimum atomic E-state index is -0.158. The summed E-state index contributed by atoms with van der Waals surface area (Å²) < 4.78 is 5.58. The largest absolute Gasteiger partial charge is 0.492 e. The van der Waals surface area contributed by atoms with Crippen LogP contribution >= 0.6 is 0 Å². The predicted octanol–water partition coefficient (Wildman–Crippen LogP) is 1.44. The highest BCUT2D eigenvalue weighted by Crippen LogP contribution is 2.11. The number of hydrogen-bond acceptors (Lipinski definition) is 3. The van der Waals surface area contributed by atoms with Gasteiger partial charge in [0.25, 0.3) is 0 Å². The molecule has 4 nitrogen and oxygen atoms in total. The topological polar surface area (TPSA) is 41.6 Å². The van der Waals surface area contributed by atoms with Crippen molar-refractivity contribution in [2.45, 2.75) is 19.9 Å². The van der Waals surface area contributed by atoms with Gasteiger partial charge in [-0.1, -0.05) is 17.7 Å². The second kappa shape index (κ2) is 7.01. The lowest BCUT2D eigenvalue weighted by atomic mass is 10.2. The quantitative estimate of drug-likeness (QED) is 0.830. The number of hydrogen-bond donors (Lipinski definition) is 1. The van der Waals surface area contributed by atoms with Crippen molar-refractivity contribution in [3.63, 3.8) is 0 Å². The second-order valence-corrected chi connectivity index (χ2v) is 4.43. The summed E-state index contributed by atoms with van der Waals surface area (Å²) in [5.74, 6) is 0.910. The Morgan fingerprint density at radius 1 is 1.39 bits per heavy atom. The minimum absolute atomic E-state index is 0.0741. The molecule has 0 fully saturated rings. The summed E-state index contributed by atoms with van der Waals surface area (Å²) in [6.45, 7) is 4.97. The van der Waals surface area contributed by atoms with E-state index < -0.39 is 0 Å². The van der Waals surface area contributed by atoms with E-state index in [1.165, 1.54) is 5.56 Å². The average molecular weight is 250 g/mol. The average Bonchev–Trinajstić information content (AvgIpc) is 2.39. The molecule has 1 aromatic rings. The maximum atomic E-state index is 11.8. The van der Waals surface area contributed by atoms with Crippen LogP contribution < -0.4 is 10.1 Å². The molecule has 1 amide bonds. The summed E-state index contributed by atoms with van der Waals surface area (Å²) in [5, 5.41) is 2.93. The van der Waals surface area contributed by atoms with Crippen LogP contribution in [0.5, 0.6) is 5.75 Å². The Morgan fingerprint density at radius 3 is 2.56 bits per heavy atom. The van der Waals surface area contributed by atoms with Crippen molar-refractivity contribution in [2.24, 2.45) is 0 Å². The highest BCUT2D eigenvalue weighted by Gasteiger charge is 2.14. The lowest BCUT2D eigenvalue weighted by Gasteiger charge is -2.21. The molecule has 1 unspecified atom stereocenters. The van der Waals surface area contributed by atoms with Crippen LogP contribution in [0, 0.1) is 6.92 Å². The first-order valence-corrected chi connectivity index (χ1v) is 6.16. The van der Waals surface area contributed by atoms with Gasteiger partial charge in [-0.2, -0.15) is 0 Å². The summed E-state index contributed by atoms with van der Waals surface area (Å²) in [6.07, 6.45) is 0. The first-order valence-electron chi connectivity index (χ1n) is 6.16. The minimum Gasteiger partial charge on any atom is -0.492 e. The third kappa shape index (κ3) is 4.37. The number of nitrogens with one attached hydrogen (secondary N) is 1. The number of carbonyl (C=O) groups excluding carboxylic acids is 1. The summed E-state index contributed by atoms with van der Waals surface area (Å²) >= 11 is 0. The molecule has 0 saturated heterocycles. The Hall–Kier alpha value is -1.55. The van der Waals surface area contributed by atoms with E-state index >= 15 is 0 Å². The monoisotopic (exact) mass is 250 g/mol. The van der Waals surface area contributed by atoms with Gasteiger partial charge in [-0.05, 0) is 33.0 Å². The van der Waals surface area contributed by atoms with Crippen LogP contribution in [0.15, 0.2) is 24.3 Å². The Bertz CT molecular complexity index is 376. The van der Waals surface area contributed by atoms with E-state index in [4.69, 9.17) is 4.74 Å². The second-order valence-electron chi connectivity index (χ2n) is 4.43. The van der Waals surface area contributed by atoms with Crippen LogP contribution in [-0.4, -0.2) is 44.1 Å². The molecule has 1 aromatic carbocycles. The van der Waals surface area contributed by atoms with E-state index in [1.807, 2.05) is 38.1 Å². The number of ether oxygens (including phenoxy) is 1. The van der Waals surface area contributed by atoms with E-state index in [0.29, 0.717) is 13.2 Å². The van der Waals surface area contributed by atoms with Crippen molar-refractivity contribution in [3.8, 4) is 5.75 Å². The smallest absolute Gasteiger partial charge is 0.239 e. The number of likely N-dealkylation sites (N-methyl/N-ethyl adjacent to an activating group) is 2. The van der Waals surface area contributed by atoms with Crippen LogP contribution in [0.4, 0.5) is 0 Å². The fourth-order valence-corrected chi connectivity index (χ4v) is 1.50. The van der Waals surface area contributed by atoms with Gasteiger partial charge in [0.05, 0.1) is 12.6 Å². The molecule has 0 aliphatic carbocycles. The predicted molar refractivity (Wildman–Crippen MR) is 72.8 cm³/mol. The highest BCUT2D eigenvalue weighted by atomic mass is 16.5. The van der Waals surface area contributed by atoms with Gasteiger partial charge in [-0.25, -0.2) is 0 Å². The maximum absolute atomic E-state index is 11.8. The summed E-state index contributed by atoms with van der Waals surface area (Å²) in [7, 11) is 3.56. The third-order valence-electron chi connectivity index (χ3n) is 2.90. The number of nitrogens with zero attached hydrogens (tertiary/aromatic N) is 1. The molecule has 4 heteroatoms. The Balaban J connectivity index is 2.33. The zero-order valence-corrected chi connectivity index (χ0v) is 11.6. The molecule has 0 bridgehead atoms. The normalized spacial score (nSPS) is 12.0. The van der Waals surface area contributed by atoms with Crippen molar-refractivity contribution in [1.29, 1.82) is 0 Å². The standard InChI is InChI=1S/C14H22N2O2/c1-11-5-7-13(8-6-11)18-10-9-16(4)14(17)12(2)15-3/h5-8,12,15H,9-10H2,1-4H3. The molecule has 0 spiro atoms. The molecule has 0 heterocycles. The number of carbonyl (C=O) groups is 1. The van der Waals surface area contributed by atoms with Crippen LogP contribution in [0.3, 0.4) is 0 Å². The van der Waals surface area contributed by atoms with Crippen molar-refractivity contribution in [2.75, 3.05) is 27.2 Å². The third-order valence-corrected chi connectivity index (χ3v) is 2.90. The number of aryl methyl sites for hydroxylation is 1. The van der Waals surface area contributed by atoms with E-state index in [1.54, 1.807) is 19.0 Å².